The summed E-state index contributed by atoms with van der Waals surface area (Å²) in [5.41, 5.74) is 4.02. The van der Waals surface area contributed by atoms with Crippen molar-refractivity contribution in [3.63, 3.8) is 0 Å². The minimum atomic E-state index is -0.382. The van der Waals surface area contributed by atoms with E-state index in [0.717, 1.165) is 30.8 Å². The van der Waals surface area contributed by atoms with Gasteiger partial charge in [0.1, 0.15) is 5.75 Å². The molecule has 0 bridgehead atoms. The monoisotopic (exact) mass is 311 g/mol. The number of ether oxygens (including phenoxy) is 1. The van der Waals surface area contributed by atoms with Crippen LogP contribution in [0.25, 0.3) is 0 Å². The molecule has 0 unspecified atom stereocenters. The summed E-state index contributed by atoms with van der Waals surface area (Å²) >= 11 is 0. The largest absolute Gasteiger partial charge is 0.494 e. The predicted molar refractivity (Wildman–Crippen MR) is 93.0 cm³/mol. The van der Waals surface area contributed by atoms with E-state index in [1.165, 1.54) is 0 Å². The summed E-state index contributed by atoms with van der Waals surface area (Å²) in [7, 11) is 0. The Hall–Kier alpha value is -2.82. The third kappa shape index (κ3) is 6.22. The van der Waals surface area contributed by atoms with Crippen LogP contribution in [-0.4, -0.2) is 18.9 Å². The highest BCUT2D eigenvalue weighted by molar-refractivity contribution is 5.90. The van der Waals surface area contributed by atoms with Crippen molar-refractivity contribution in [1.82, 2.24) is 5.43 Å². The van der Waals surface area contributed by atoms with Gasteiger partial charge in [-0.15, -0.1) is 0 Å². The van der Waals surface area contributed by atoms with Gasteiger partial charge in [0.2, 0.25) is 0 Å². The molecule has 0 radical (unpaired) electrons. The van der Waals surface area contributed by atoms with Crippen LogP contribution in [0, 0.1) is 0 Å². The molecule has 0 aliphatic heterocycles. The zero-order chi connectivity index (χ0) is 16.3. The fourth-order valence-electron chi connectivity index (χ4n) is 1.83. The summed E-state index contributed by atoms with van der Waals surface area (Å²) < 4.78 is 5.59. The molecule has 2 aromatic rings. The molecule has 120 valence electrons. The van der Waals surface area contributed by atoms with Crippen molar-refractivity contribution < 1.29 is 9.53 Å². The molecule has 0 aromatic heterocycles. The SMILES string of the molecule is CCCCOc1ccc(/C=N\NC(=O)Nc2ccccc2)cc1. The van der Waals surface area contributed by atoms with Crippen molar-refractivity contribution in [2.24, 2.45) is 5.10 Å². The van der Waals surface area contributed by atoms with Crippen LogP contribution in [0.15, 0.2) is 59.7 Å². The molecule has 0 atom stereocenters. The van der Waals surface area contributed by atoms with Gasteiger partial charge in [-0.1, -0.05) is 31.5 Å². The number of unbranched alkanes of at least 4 members (excludes halogenated alkanes) is 1. The maximum absolute atomic E-state index is 11.6. The number of benzene rings is 2. The fourth-order valence-corrected chi connectivity index (χ4v) is 1.83. The van der Waals surface area contributed by atoms with Crippen molar-refractivity contribution in [1.29, 1.82) is 0 Å². The number of anilines is 1. The first-order chi connectivity index (χ1) is 11.3. The van der Waals surface area contributed by atoms with Gasteiger partial charge in [0.05, 0.1) is 12.8 Å². The summed E-state index contributed by atoms with van der Waals surface area (Å²) in [5, 5.41) is 6.60. The van der Waals surface area contributed by atoms with E-state index in [-0.39, 0.29) is 6.03 Å². The molecule has 0 spiro atoms. The molecule has 5 heteroatoms. The zero-order valence-corrected chi connectivity index (χ0v) is 13.2. The molecule has 0 aliphatic rings. The van der Waals surface area contributed by atoms with Crippen LogP contribution in [0.5, 0.6) is 5.75 Å². The number of rotatable bonds is 7. The van der Waals surface area contributed by atoms with E-state index in [9.17, 15) is 4.79 Å². The highest BCUT2D eigenvalue weighted by Crippen LogP contribution is 2.11. The lowest BCUT2D eigenvalue weighted by Crippen LogP contribution is -2.24. The van der Waals surface area contributed by atoms with Gasteiger partial charge < -0.3 is 10.1 Å². The van der Waals surface area contributed by atoms with Gasteiger partial charge in [0, 0.05) is 5.69 Å². The van der Waals surface area contributed by atoms with Crippen molar-refractivity contribution in [3.8, 4) is 5.75 Å². The van der Waals surface area contributed by atoms with E-state index in [2.05, 4.69) is 22.8 Å². The number of nitrogens with one attached hydrogen (secondary N) is 2. The standard InChI is InChI=1S/C18H21N3O2/c1-2-3-13-23-17-11-9-15(10-12-17)14-19-21-18(22)20-16-7-5-4-6-8-16/h4-12,14H,2-3,13H2,1H3,(H2,20,21,22)/b19-14-. The van der Waals surface area contributed by atoms with Crippen LogP contribution >= 0.6 is 0 Å². The molecule has 0 fully saturated rings. The molecule has 0 saturated carbocycles. The molecule has 2 rings (SSSR count). The number of nitrogens with zero attached hydrogens (tertiary/aromatic N) is 1. The average molecular weight is 311 g/mol. The zero-order valence-electron chi connectivity index (χ0n) is 13.2. The van der Waals surface area contributed by atoms with Gasteiger partial charge in [-0.25, -0.2) is 10.2 Å². The maximum atomic E-state index is 11.6. The molecular formula is C18H21N3O2. The Balaban J connectivity index is 1.77. The lowest BCUT2D eigenvalue weighted by Gasteiger charge is -2.05. The molecule has 2 amide bonds. The molecule has 5 nitrogen and oxygen atoms in total. The molecule has 2 aromatic carbocycles. The number of amides is 2. The number of hydrogen-bond acceptors (Lipinski definition) is 3. The normalized spacial score (nSPS) is 10.5. The third-order valence-electron chi connectivity index (χ3n) is 3.06. The Morgan fingerprint density at radius 3 is 2.57 bits per heavy atom. The molecule has 0 saturated heterocycles. The minimum Gasteiger partial charge on any atom is -0.494 e. The van der Waals surface area contributed by atoms with Gasteiger partial charge in [-0.3, -0.25) is 0 Å². The van der Waals surface area contributed by atoms with Gasteiger partial charge in [-0.2, -0.15) is 5.10 Å². The Labute approximate surface area is 136 Å². The molecule has 0 heterocycles. The quantitative estimate of drug-likeness (QED) is 0.461. The summed E-state index contributed by atoms with van der Waals surface area (Å²) in [6, 6.07) is 16.4. The summed E-state index contributed by atoms with van der Waals surface area (Å²) in [6.07, 6.45) is 3.74. The Morgan fingerprint density at radius 1 is 1.13 bits per heavy atom. The van der Waals surface area contributed by atoms with E-state index < -0.39 is 0 Å². The van der Waals surface area contributed by atoms with E-state index in [1.807, 2.05) is 42.5 Å². The average Bonchev–Trinajstić information content (AvgIpc) is 2.57. The fraction of sp³-hybridized carbons (Fsp3) is 0.222. The number of carbonyl (C=O) groups is 1. The first-order valence-corrected chi connectivity index (χ1v) is 7.66. The van der Waals surface area contributed by atoms with Crippen molar-refractivity contribution >= 4 is 17.9 Å². The van der Waals surface area contributed by atoms with E-state index >= 15 is 0 Å². The van der Waals surface area contributed by atoms with Crippen LogP contribution in [0.4, 0.5) is 10.5 Å². The Kier molecular flexibility index (Phi) is 6.65. The maximum Gasteiger partial charge on any atom is 0.339 e. The first-order valence-electron chi connectivity index (χ1n) is 7.66. The van der Waals surface area contributed by atoms with Crippen LogP contribution in [0.1, 0.15) is 25.3 Å². The molecule has 0 aliphatic carbocycles. The van der Waals surface area contributed by atoms with Crippen LogP contribution in [0.2, 0.25) is 0 Å². The smallest absolute Gasteiger partial charge is 0.339 e. The van der Waals surface area contributed by atoms with Crippen LogP contribution in [0.3, 0.4) is 0 Å². The second-order valence-corrected chi connectivity index (χ2v) is 4.96. The summed E-state index contributed by atoms with van der Waals surface area (Å²) in [6.45, 7) is 2.86. The van der Waals surface area contributed by atoms with Crippen LogP contribution < -0.4 is 15.5 Å². The second-order valence-electron chi connectivity index (χ2n) is 4.96. The number of urea groups is 1. The Bertz CT molecular complexity index is 624. The van der Waals surface area contributed by atoms with Crippen molar-refractivity contribution in [2.45, 2.75) is 19.8 Å². The number of carbonyl (C=O) groups excluding carboxylic acids is 1. The van der Waals surface area contributed by atoms with E-state index in [4.69, 9.17) is 4.74 Å². The third-order valence-corrected chi connectivity index (χ3v) is 3.06. The summed E-state index contributed by atoms with van der Waals surface area (Å²) in [5.74, 6) is 0.838. The van der Waals surface area contributed by atoms with Gasteiger partial charge in [0.25, 0.3) is 0 Å². The van der Waals surface area contributed by atoms with E-state index in [0.29, 0.717) is 5.69 Å². The van der Waals surface area contributed by atoms with Gasteiger partial charge in [-0.05, 0) is 48.4 Å². The highest BCUT2D eigenvalue weighted by atomic mass is 16.5. The molecule has 2 N–H and O–H groups in total. The highest BCUT2D eigenvalue weighted by Gasteiger charge is 1.98. The van der Waals surface area contributed by atoms with E-state index in [1.54, 1.807) is 18.3 Å². The topological polar surface area (TPSA) is 62.7 Å². The lowest BCUT2D eigenvalue weighted by atomic mass is 10.2. The Morgan fingerprint density at radius 2 is 1.87 bits per heavy atom. The minimum absolute atomic E-state index is 0.382. The predicted octanol–water partition coefficient (Wildman–Crippen LogP) is 4.02. The van der Waals surface area contributed by atoms with Crippen LogP contribution in [-0.2, 0) is 0 Å². The number of hydrazone groups is 1. The van der Waals surface area contributed by atoms with Gasteiger partial charge >= 0.3 is 6.03 Å². The lowest BCUT2D eigenvalue weighted by molar-refractivity contribution is 0.252. The second kappa shape index (κ2) is 9.25. The van der Waals surface area contributed by atoms with Gasteiger partial charge in [0.15, 0.2) is 0 Å². The van der Waals surface area contributed by atoms with Crippen molar-refractivity contribution in [2.75, 3.05) is 11.9 Å². The number of hydrogen-bond donors (Lipinski definition) is 2. The molecular weight excluding hydrogens is 290 g/mol. The molecule has 23 heavy (non-hydrogen) atoms. The summed E-state index contributed by atoms with van der Waals surface area (Å²) in [4.78, 5) is 11.6. The number of para-hydroxylation sites is 1. The van der Waals surface area contributed by atoms with Crippen molar-refractivity contribution in [3.05, 3.63) is 60.2 Å². The first kappa shape index (κ1) is 16.5.